The van der Waals surface area contributed by atoms with Gasteiger partial charge in [-0.05, 0) is 33.1 Å². The van der Waals surface area contributed by atoms with E-state index in [-0.39, 0.29) is 11.4 Å². The summed E-state index contributed by atoms with van der Waals surface area (Å²) in [7, 11) is 0. The number of carbonyl (C=O) groups excluding carboxylic acids is 1. The number of amides is 1. The molecule has 0 spiro atoms. The molecule has 0 aromatic rings. The standard InChI is InChI=1S/C11H21NO4.H2O/c1-7(2)6-8(9(13)14)12-10(15)16-11(3,4)5;/h7-8H,6H2,1-5H3,(H,12,15)(H,13,14);1H2/t8-;/m1./s1. The van der Waals surface area contributed by atoms with Gasteiger partial charge >= 0.3 is 12.1 Å². The van der Waals surface area contributed by atoms with Crippen LogP contribution in [0.3, 0.4) is 0 Å². The van der Waals surface area contributed by atoms with Crippen molar-refractivity contribution in [2.75, 3.05) is 0 Å². The number of nitrogens with one attached hydrogen (secondary N) is 1. The van der Waals surface area contributed by atoms with Gasteiger partial charge in [0, 0.05) is 0 Å². The lowest BCUT2D eigenvalue weighted by atomic mass is 10.0. The normalized spacial score (nSPS) is 12.6. The molecule has 1 atom stereocenters. The summed E-state index contributed by atoms with van der Waals surface area (Å²) in [5.41, 5.74) is -0.620. The van der Waals surface area contributed by atoms with Crippen LogP contribution in [0, 0.1) is 5.92 Å². The van der Waals surface area contributed by atoms with E-state index in [9.17, 15) is 9.59 Å². The van der Waals surface area contributed by atoms with Gasteiger partial charge in [-0.15, -0.1) is 0 Å². The number of alkyl carbamates (subject to hydrolysis) is 1. The molecule has 0 fully saturated rings. The summed E-state index contributed by atoms with van der Waals surface area (Å²) in [6, 6.07) is -0.894. The lowest BCUT2D eigenvalue weighted by Crippen LogP contribution is -2.44. The number of hydrogen-bond acceptors (Lipinski definition) is 3. The van der Waals surface area contributed by atoms with Crippen LogP contribution in [0.25, 0.3) is 0 Å². The first kappa shape index (κ1) is 18.1. The van der Waals surface area contributed by atoms with Crippen molar-refractivity contribution in [3.8, 4) is 0 Å². The summed E-state index contributed by atoms with van der Waals surface area (Å²) in [4.78, 5) is 22.2. The zero-order valence-electron chi connectivity index (χ0n) is 11.0. The van der Waals surface area contributed by atoms with Crippen molar-refractivity contribution >= 4 is 12.1 Å². The molecule has 0 aliphatic rings. The molecule has 6 heteroatoms. The molecule has 0 heterocycles. The van der Waals surface area contributed by atoms with E-state index in [0.29, 0.717) is 6.42 Å². The first-order valence-corrected chi connectivity index (χ1v) is 5.34. The lowest BCUT2D eigenvalue weighted by Gasteiger charge is -2.22. The maximum atomic E-state index is 11.4. The third-order valence-corrected chi connectivity index (χ3v) is 1.70. The number of hydrogen-bond donors (Lipinski definition) is 2. The third kappa shape index (κ3) is 9.62. The van der Waals surface area contributed by atoms with E-state index in [1.165, 1.54) is 0 Å². The minimum Gasteiger partial charge on any atom is -0.480 e. The van der Waals surface area contributed by atoms with E-state index in [0.717, 1.165) is 0 Å². The molecule has 0 aliphatic carbocycles. The predicted octanol–water partition coefficient (Wildman–Crippen LogP) is 1.19. The van der Waals surface area contributed by atoms with Crippen molar-refractivity contribution < 1.29 is 24.9 Å². The summed E-state index contributed by atoms with van der Waals surface area (Å²) in [5, 5.41) is 11.2. The van der Waals surface area contributed by atoms with Crippen LogP contribution in [0.2, 0.25) is 0 Å². The second kappa shape index (κ2) is 7.11. The molecule has 0 aliphatic heterocycles. The number of aliphatic carboxylic acids is 1. The summed E-state index contributed by atoms with van der Waals surface area (Å²) in [5.74, 6) is -0.851. The Morgan fingerprint density at radius 2 is 1.76 bits per heavy atom. The van der Waals surface area contributed by atoms with Crippen LogP contribution in [0.15, 0.2) is 0 Å². The number of ether oxygens (including phenoxy) is 1. The van der Waals surface area contributed by atoms with Crippen molar-refractivity contribution in [3.05, 3.63) is 0 Å². The summed E-state index contributed by atoms with van der Waals surface area (Å²) in [6.07, 6.45) is -0.310. The van der Waals surface area contributed by atoms with Crippen LogP contribution < -0.4 is 5.32 Å². The largest absolute Gasteiger partial charge is 0.480 e. The van der Waals surface area contributed by atoms with Crippen LogP contribution >= 0.6 is 0 Å². The van der Waals surface area contributed by atoms with E-state index in [4.69, 9.17) is 9.84 Å². The highest BCUT2D eigenvalue weighted by atomic mass is 16.6. The first-order valence-electron chi connectivity index (χ1n) is 5.34. The van der Waals surface area contributed by atoms with Gasteiger partial charge in [-0.2, -0.15) is 0 Å². The molecule has 0 unspecified atom stereocenters. The van der Waals surface area contributed by atoms with Crippen molar-refractivity contribution in [1.29, 1.82) is 0 Å². The van der Waals surface area contributed by atoms with E-state index in [1.807, 2.05) is 13.8 Å². The van der Waals surface area contributed by atoms with Gasteiger partial charge in [0.2, 0.25) is 0 Å². The lowest BCUT2D eigenvalue weighted by molar-refractivity contribution is -0.139. The van der Waals surface area contributed by atoms with Gasteiger partial charge in [0.15, 0.2) is 0 Å². The Kier molecular flexibility index (Phi) is 7.56. The summed E-state index contributed by atoms with van der Waals surface area (Å²) in [6.45, 7) is 8.97. The summed E-state index contributed by atoms with van der Waals surface area (Å²) >= 11 is 0. The van der Waals surface area contributed by atoms with Crippen molar-refractivity contribution in [3.63, 3.8) is 0 Å². The average molecular weight is 249 g/mol. The highest BCUT2D eigenvalue weighted by molar-refractivity contribution is 5.79. The van der Waals surface area contributed by atoms with Crippen LogP contribution in [-0.4, -0.2) is 34.3 Å². The molecule has 1 amide bonds. The third-order valence-electron chi connectivity index (χ3n) is 1.70. The molecule has 6 nitrogen and oxygen atoms in total. The van der Waals surface area contributed by atoms with Crippen LogP contribution in [0.1, 0.15) is 41.0 Å². The second-order valence-corrected chi connectivity index (χ2v) is 5.17. The molecular weight excluding hydrogens is 226 g/mol. The molecule has 102 valence electrons. The number of carboxylic acid groups (broad SMARTS) is 1. The predicted molar refractivity (Wildman–Crippen MR) is 63.9 cm³/mol. The van der Waals surface area contributed by atoms with Gasteiger partial charge in [-0.25, -0.2) is 9.59 Å². The minimum atomic E-state index is -1.04. The fraction of sp³-hybridized carbons (Fsp3) is 0.818. The molecule has 0 radical (unpaired) electrons. The molecule has 0 aromatic heterocycles. The maximum Gasteiger partial charge on any atom is 0.408 e. The molecule has 0 saturated carbocycles. The first-order chi connectivity index (χ1) is 7.11. The number of carboxylic acids is 1. The molecular formula is C11H23NO5. The van der Waals surface area contributed by atoms with Gasteiger partial charge < -0.3 is 20.6 Å². The highest BCUT2D eigenvalue weighted by Crippen LogP contribution is 2.09. The molecule has 0 rings (SSSR count). The highest BCUT2D eigenvalue weighted by Gasteiger charge is 2.24. The Bertz CT molecular complexity index is 257. The molecule has 0 aromatic carbocycles. The Labute approximate surface area is 102 Å². The number of rotatable bonds is 4. The summed E-state index contributed by atoms with van der Waals surface area (Å²) < 4.78 is 4.99. The smallest absolute Gasteiger partial charge is 0.408 e. The quantitative estimate of drug-likeness (QED) is 0.780. The number of carbonyl (C=O) groups is 2. The molecule has 17 heavy (non-hydrogen) atoms. The maximum absolute atomic E-state index is 11.4. The Morgan fingerprint density at radius 1 is 1.29 bits per heavy atom. The van der Waals surface area contributed by atoms with Gasteiger partial charge in [0.1, 0.15) is 11.6 Å². The Hall–Kier alpha value is -1.30. The Balaban J connectivity index is 0. The molecule has 0 bridgehead atoms. The van der Waals surface area contributed by atoms with Crippen LogP contribution in [-0.2, 0) is 9.53 Å². The fourth-order valence-corrected chi connectivity index (χ4v) is 1.14. The minimum absolute atomic E-state index is 0. The van der Waals surface area contributed by atoms with Crippen molar-refractivity contribution in [2.45, 2.75) is 52.7 Å². The average Bonchev–Trinajstić information content (AvgIpc) is 1.97. The van der Waals surface area contributed by atoms with Gasteiger partial charge in [-0.3, -0.25) is 0 Å². The van der Waals surface area contributed by atoms with Crippen molar-refractivity contribution in [2.24, 2.45) is 5.92 Å². The van der Waals surface area contributed by atoms with Crippen molar-refractivity contribution in [1.82, 2.24) is 5.32 Å². The van der Waals surface area contributed by atoms with E-state index in [1.54, 1.807) is 20.8 Å². The molecule has 0 saturated heterocycles. The zero-order valence-corrected chi connectivity index (χ0v) is 11.0. The van der Waals surface area contributed by atoms with Gasteiger partial charge in [-0.1, -0.05) is 13.8 Å². The van der Waals surface area contributed by atoms with Crippen LogP contribution in [0.4, 0.5) is 4.79 Å². The fourth-order valence-electron chi connectivity index (χ4n) is 1.14. The topological polar surface area (TPSA) is 107 Å². The monoisotopic (exact) mass is 249 g/mol. The van der Waals surface area contributed by atoms with E-state index < -0.39 is 23.7 Å². The Morgan fingerprint density at radius 3 is 2.06 bits per heavy atom. The SMILES string of the molecule is CC(C)C[C@@H](NC(=O)OC(C)(C)C)C(=O)O.O. The zero-order chi connectivity index (χ0) is 12.9. The van der Waals surface area contributed by atoms with E-state index in [2.05, 4.69) is 5.32 Å². The second-order valence-electron chi connectivity index (χ2n) is 5.17. The van der Waals surface area contributed by atoms with Gasteiger partial charge in [0.05, 0.1) is 0 Å². The molecule has 4 N–H and O–H groups in total. The van der Waals surface area contributed by atoms with Crippen LogP contribution in [0.5, 0.6) is 0 Å². The van der Waals surface area contributed by atoms with Gasteiger partial charge in [0.25, 0.3) is 0 Å². The van der Waals surface area contributed by atoms with E-state index >= 15 is 0 Å².